The average molecular weight is 286 g/mol. The summed E-state index contributed by atoms with van der Waals surface area (Å²) in [4.78, 5) is 0. The van der Waals surface area contributed by atoms with Crippen molar-refractivity contribution in [2.75, 3.05) is 6.54 Å². The van der Waals surface area contributed by atoms with E-state index in [1.54, 1.807) is 0 Å². The first-order chi connectivity index (χ1) is 9.74. The molecule has 0 aliphatic heterocycles. The number of hydrogen-bond acceptors (Lipinski definition) is 1. The molecule has 2 aromatic carbocycles. The molecule has 0 bridgehead atoms. The standard InChI is InChI=1S/C18H20ClN/c1-13(15-8-5-9-17(19)10-15)20-12-16-11-18(16)14-6-3-2-4-7-14/h2-10,13,16,18,20H,11-12H2,1H3/t13?,16-,18-/m0/s1. The van der Waals surface area contributed by atoms with Crippen LogP contribution in [0.2, 0.25) is 5.02 Å². The van der Waals surface area contributed by atoms with E-state index in [1.807, 2.05) is 18.2 Å². The van der Waals surface area contributed by atoms with Crippen LogP contribution in [-0.2, 0) is 0 Å². The van der Waals surface area contributed by atoms with E-state index in [0.717, 1.165) is 23.4 Å². The van der Waals surface area contributed by atoms with Crippen LogP contribution in [0.25, 0.3) is 0 Å². The maximum absolute atomic E-state index is 6.04. The summed E-state index contributed by atoms with van der Waals surface area (Å²) in [6.07, 6.45) is 1.30. The van der Waals surface area contributed by atoms with Gasteiger partial charge in [-0.05, 0) is 55.0 Å². The van der Waals surface area contributed by atoms with Crippen molar-refractivity contribution >= 4 is 11.6 Å². The zero-order valence-electron chi connectivity index (χ0n) is 11.7. The Bertz CT molecular complexity index is 567. The molecule has 3 rings (SSSR count). The highest BCUT2D eigenvalue weighted by Gasteiger charge is 2.37. The van der Waals surface area contributed by atoms with E-state index < -0.39 is 0 Å². The van der Waals surface area contributed by atoms with Crippen LogP contribution >= 0.6 is 11.6 Å². The van der Waals surface area contributed by atoms with Crippen molar-refractivity contribution in [3.05, 3.63) is 70.7 Å². The highest BCUT2D eigenvalue weighted by atomic mass is 35.5. The third-order valence-corrected chi connectivity index (χ3v) is 4.42. The van der Waals surface area contributed by atoms with Crippen molar-refractivity contribution < 1.29 is 0 Å². The van der Waals surface area contributed by atoms with Crippen LogP contribution in [0.3, 0.4) is 0 Å². The molecule has 1 unspecified atom stereocenters. The minimum atomic E-state index is 0.353. The first-order valence-corrected chi connectivity index (χ1v) is 7.65. The van der Waals surface area contributed by atoms with Gasteiger partial charge >= 0.3 is 0 Å². The van der Waals surface area contributed by atoms with Gasteiger partial charge in [-0.3, -0.25) is 0 Å². The van der Waals surface area contributed by atoms with E-state index >= 15 is 0 Å². The van der Waals surface area contributed by atoms with Crippen molar-refractivity contribution in [3.63, 3.8) is 0 Å². The average Bonchev–Trinajstić information content (AvgIpc) is 3.25. The van der Waals surface area contributed by atoms with E-state index in [2.05, 4.69) is 48.6 Å². The van der Waals surface area contributed by atoms with Crippen molar-refractivity contribution in [3.8, 4) is 0 Å². The van der Waals surface area contributed by atoms with Crippen LogP contribution in [0.4, 0.5) is 0 Å². The molecule has 2 aromatic rings. The van der Waals surface area contributed by atoms with Gasteiger partial charge in [0.2, 0.25) is 0 Å². The third-order valence-electron chi connectivity index (χ3n) is 4.19. The van der Waals surface area contributed by atoms with Gasteiger partial charge in [-0.1, -0.05) is 54.1 Å². The predicted molar refractivity (Wildman–Crippen MR) is 85.2 cm³/mol. The SMILES string of the molecule is CC(NC[C@@H]1C[C@H]1c1ccccc1)c1cccc(Cl)c1. The fourth-order valence-electron chi connectivity index (χ4n) is 2.80. The maximum Gasteiger partial charge on any atom is 0.0409 e. The Labute approximate surface area is 126 Å². The van der Waals surface area contributed by atoms with E-state index in [4.69, 9.17) is 11.6 Å². The Hall–Kier alpha value is -1.31. The minimum absolute atomic E-state index is 0.353. The summed E-state index contributed by atoms with van der Waals surface area (Å²) < 4.78 is 0. The normalized spacial score (nSPS) is 22.5. The summed E-state index contributed by atoms with van der Waals surface area (Å²) in [5.41, 5.74) is 2.74. The Morgan fingerprint density at radius 1 is 1.15 bits per heavy atom. The quantitative estimate of drug-likeness (QED) is 0.832. The highest BCUT2D eigenvalue weighted by Crippen LogP contribution is 2.47. The van der Waals surface area contributed by atoms with Gasteiger partial charge in [-0.2, -0.15) is 0 Å². The molecule has 104 valence electrons. The molecule has 1 fully saturated rings. The van der Waals surface area contributed by atoms with Gasteiger partial charge in [-0.25, -0.2) is 0 Å². The lowest BCUT2D eigenvalue weighted by Gasteiger charge is -2.14. The monoisotopic (exact) mass is 285 g/mol. The smallest absolute Gasteiger partial charge is 0.0409 e. The van der Waals surface area contributed by atoms with Gasteiger partial charge in [0.1, 0.15) is 0 Å². The lowest BCUT2D eigenvalue weighted by molar-refractivity contribution is 0.543. The zero-order chi connectivity index (χ0) is 13.9. The summed E-state index contributed by atoms with van der Waals surface area (Å²) in [6.45, 7) is 3.28. The molecule has 1 nitrogen and oxygen atoms in total. The fourth-order valence-corrected chi connectivity index (χ4v) is 3.00. The molecular weight excluding hydrogens is 266 g/mol. The molecule has 3 atom stereocenters. The number of benzene rings is 2. The Kier molecular flexibility index (Phi) is 4.09. The Morgan fingerprint density at radius 3 is 2.70 bits per heavy atom. The van der Waals surface area contributed by atoms with Crippen LogP contribution in [-0.4, -0.2) is 6.54 Å². The van der Waals surface area contributed by atoms with E-state index in [0.29, 0.717) is 6.04 Å². The molecule has 0 radical (unpaired) electrons. The molecule has 1 aliphatic carbocycles. The molecular formula is C18H20ClN. The fraction of sp³-hybridized carbons (Fsp3) is 0.333. The Balaban J connectivity index is 1.52. The maximum atomic E-state index is 6.04. The van der Waals surface area contributed by atoms with Gasteiger partial charge < -0.3 is 5.32 Å². The third kappa shape index (κ3) is 3.23. The largest absolute Gasteiger partial charge is 0.310 e. The second kappa shape index (κ2) is 5.99. The summed E-state index contributed by atoms with van der Waals surface area (Å²) in [5, 5.41) is 4.44. The number of hydrogen-bond donors (Lipinski definition) is 1. The topological polar surface area (TPSA) is 12.0 Å². The molecule has 0 aromatic heterocycles. The van der Waals surface area contributed by atoms with Crippen molar-refractivity contribution in [1.82, 2.24) is 5.32 Å². The number of rotatable bonds is 5. The second-order valence-electron chi connectivity index (χ2n) is 5.70. The minimum Gasteiger partial charge on any atom is -0.310 e. The summed E-state index contributed by atoms with van der Waals surface area (Å²) in [7, 11) is 0. The molecule has 0 amide bonds. The summed E-state index contributed by atoms with van der Waals surface area (Å²) in [6, 6.07) is 19.3. The number of nitrogens with one attached hydrogen (secondary N) is 1. The lowest BCUT2D eigenvalue weighted by atomic mass is 10.1. The molecule has 1 saturated carbocycles. The van der Waals surface area contributed by atoms with E-state index in [1.165, 1.54) is 17.5 Å². The van der Waals surface area contributed by atoms with Gasteiger partial charge in [0.25, 0.3) is 0 Å². The molecule has 0 heterocycles. The summed E-state index contributed by atoms with van der Waals surface area (Å²) in [5.74, 6) is 1.52. The zero-order valence-corrected chi connectivity index (χ0v) is 12.5. The van der Waals surface area contributed by atoms with Crippen molar-refractivity contribution in [1.29, 1.82) is 0 Å². The van der Waals surface area contributed by atoms with Gasteiger partial charge in [-0.15, -0.1) is 0 Å². The van der Waals surface area contributed by atoms with Gasteiger partial charge in [0.05, 0.1) is 0 Å². The predicted octanol–water partition coefficient (Wildman–Crippen LogP) is 4.79. The van der Waals surface area contributed by atoms with Crippen molar-refractivity contribution in [2.45, 2.75) is 25.3 Å². The van der Waals surface area contributed by atoms with Gasteiger partial charge in [0.15, 0.2) is 0 Å². The first kappa shape index (κ1) is 13.7. The van der Waals surface area contributed by atoms with Crippen LogP contribution in [0.1, 0.15) is 36.4 Å². The lowest BCUT2D eigenvalue weighted by Crippen LogP contribution is -2.21. The van der Waals surface area contributed by atoms with E-state index in [9.17, 15) is 0 Å². The molecule has 0 spiro atoms. The first-order valence-electron chi connectivity index (χ1n) is 7.28. The number of halogens is 1. The van der Waals surface area contributed by atoms with E-state index in [-0.39, 0.29) is 0 Å². The summed E-state index contributed by atoms with van der Waals surface area (Å²) >= 11 is 6.04. The molecule has 0 saturated heterocycles. The second-order valence-corrected chi connectivity index (χ2v) is 6.13. The van der Waals surface area contributed by atoms with Crippen molar-refractivity contribution in [2.24, 2.45) is 5.92 Å². The van der Waals surface area contributed by atoms with Crippen LogP contribution in [0, 0.1) is 5.92 Å². The molecule has 1 aliphatic rings. The Morgan fingerprint density at radius 2 is 1.95 bits per heavy atom. The van der Waals surface area contributed by atoms with Crippen LogP contribution < -0.4 is 5.32 Å². The molecule has 1 N–H and O–H groups in total. The van der Waals surface area contributed by atoms with Gasteiger partial charge in [0, 0.05) is 11.1 Å². The highest BCUT2D eigenvalue weighted by molar-refractivity contribution is 6.30. The van der Waals surface area contributed by atoms with Crippen LogP contribution in [0.15, 0.2) is 54.6 Å². The van der Waals surface area contributed by atoms with Crippen LogP contribution in [0.5, 0.6) is 0 Å². The molecule has 20 heavy (non-hydrogen) atoms. The molecule has 2 heteroatoms.